The molecule has 1 aromatic rings. The highest BCUT2D eigenvalue weighted by atomic mass is 35.5. The predicted octanol–water partition coefficient (Wildman–Crippen LogP) is 2.31. The number of piperazine rings is 1. The van der Waals surface area contributed by atoms with Crippen LogP contribution in [0, 0.1) is 0 Å². The number of nitrogens with zero attached hydrogens (tertiary/aromatic N) is 1. The lowest BCUT2D eigenvalue weighted by Crippen LogP contribution is -2.44. The molecule has 3 nitrogen and oxygen atoms in total. The first-order chi connectivity index (χ1) is 8.22. The second-order valence-corrected chi connectivity index (χ2v) is 4.76. The molecule has 4 heteroatoms. The third-order valence-corrected chi connectivity index (χ3v) is 3.67. The summed E-state index contributed by atoms with van der Waals surface area (Å²) in [5, 5.41) is 4.04. The van der Waals surface area contributed by atoms with E-state index in [1.54, 1.807) is 7.11 Å². The van der Waals surface area contributed by atoms with Gasteiger partial charge in [-0.05, 0) is 24.6 Å². The molecule has 1 atom stereocenters. The molecule has 0 aliphatic carbocycles. The van der Waals surface area contributed by atoms with Crippen LogP contribution in [0.2, 0.25) is 5.02 Å². The zero-order chi connectivity index (χ0) is 12.3. The number of rotatable bonds is 3. The van der Waals surface area contributed by atoms with Crippen molar-refractivity contribution in [1.82, 2.24) is 10.2 Å². The molecule has 1 fully saturated rings. The van der Waals surface area contributed by atoms with Crippen molar-refractivity contribution in [1.29, 1.82) is 0 Å². The SMILES string of the molecule is COc1cc(C(C)N2CCNCC2)ccc1Cl. The van der Waals surface area contributed by atoms with Gasteiger partial charge >= 0.3 is 0 Å². The fraction of sp³-hybridized carbons (Fsp3) is 0.538. The Morgan fingerprint density at radius 2 is 2.06 bits per heavy atom. The maximum atomic E-state index is 6.04. The van der Waals surface area contributed by atoms with E-state index in [0.29, 0.717) is 11.1 Å². The number of halogens is 1. The molecule has 1 saturated heterocycles. The Morgan fingerprint density at radius 1 is 1.35 bits per heavy atom. The molecule has 17 heavy (non-hydrogen) atoms. The summed E-state index contributed by atoms with van der Waals surface area (Å²) in [4.78, 5) is 2.47. The molecule has 0 radical (unpaired) electrons. The van der Waals surface area contributed by atoms with Crippen LogP contribution in [0.5, 0.6) is 5.75 Å². The maximum Gasteiger partial charge on any atom is 0.137 e. The molecule has 1 unspecified atom stereocenters. The third kappa shape index (κ3) is 2.92. The average molecular weight is 255 g/mol. The summed E-state index contributed by atoms with van der Waals surface area (Å²) in [6.07, 6.45) is 0. The summed E-state index contributed by atoms with van der Waals surface area (Å²) < 4.78 is 5.26. The summed E-state index contributed by atoms with van der Waals surface area (Å²) in [7, 11) is 1.65. The minimum absolute atomic E-state index is 0.406. The van der Waals surface area contributed by atoms with Crippen LogP contribution in [0.4, 0.5) is 0 Å². The van der Waals surface area contributed by atoms with Crippen molar-refractivity contribution >= 4 is 11.6 Å². The normalized spacial score (nSPS) is 19.0. The summed E-state index contributed by atoms with van der Waals surface area (Å²) in [5.41, 5.74) is 1.26. The van der Waals surface area contributed by atoms with Gasteiger partial charge in [-0.2, -0.15) is 0 Å². The van der Waals surface area contributed by atoms with Crippen LogP contribution in [-0.4, -0.2) is 38.2 Å². The van der Waals surface area contributed by atoms with E-state index in [2.05, 4.69) is 23.2 Å². The van der Waals surface area contributed by atoms with Gasteiger partial charge < -0.3 is 10.1 Å². The molecule has 94 valence electrons. The van der Waals surface area contributed by atoms with Gasteiger partial charge in [0.25, 0.3) is 0 Å². The standard InChI is InChI=1S/C13H19ClN2O/c1-10(16-7-5-15-6-8-16)11-3-4-12(14)13(9-11)17-2/h3-4,9-10,15H,5-8H2,1-2H3. The van der Waals surface area contributed by atoms with E-state index in [1.807, 2.05) is 12.1 Å². The van der Waals surface area contributed by atoms with E-state index in [0.717, 1.165) is 31.9 Å². The van der Waals surface area contributed by atoms with Crippen molar-refractivity contribution in [3.8, 4) is 5.75 Å². The maximum absolute atomic E-state index is 6.04. The van der Waals surface area contributed by atoms with Crippen molar-refractivity contribution in [3.63, 3.8) is 0 Å². The van der Waals surface area contributed by atoms with Gasteiger partial charge in [-0.3, -0.25) is 4.90 Å². The Kier molecular flexibility index (Phi) is 4.26. The fourth-order valence-electron chi connectivity index (χ4n) is 2.22. The Bertz CT molecular complexity index is 378. The number of nitrogens with one attached hydrogen (secondary N) is 1. The van der Waals surface area contributed by atoms with E-state index < -0.39 is 0 Å². The molecule has 0 aromatic heterocycles. The zero-order valence-electron chi connectivity index (χ0n) is 10.4. The summed E-state index contributed by atoms with van der Waals surface area (Å²) in [5.74, 6) is 0.756. The van der Waals surface area contributed by atoms with Gasteiger partial charge in [0.15, 0.2) is 0 Å². The molecule has 1 heterocycles. The van der Waals surface area contributed by atoms with E-state index in [1.165, 1.54) is 5.56 Å². The Labute approximate surface area is 108 Å². The minimum Gasteiger partial charge on any atom is -0.495 e. The first-order valence-corrected chi connectivity index (χ1v) is 6.38. The Hall–Kier alpha value is -0.770. The van der Waals surface area contributed by atoms with Crippen LogP contribution in [0.25, 0.3) is 0 Å². The quantitative estimate of drug-likeness (QED) is 0.896. The topological polar surface area (TPSA) is 24.5 Å². The smallest absolute Gasteiger partial charge is 0.137 e. The second-order valence-electron chi connectivity index (χ2n) is 4.36. The first kappa shape index (κ1) is 12.7. The van der Waals surface area contributed by atoms with Crippen molar-refractivity contribution in [2.75, 3.05) is 33.3 Å². The number of ether oxygens (including phenoxy) is 1. The molecule has 1 aliphatic heterocycles. The number of hydrogen-bond donors (Lipinski definition) is 1. The number of benzene rings is 1. The van der Waals surface area contributed by atoms with Crippen molar-refractivity contribution in [2.45, 2.75) is 13.0 Å². The van der Waals surface area contributed by atoms with Crippen LogP contribution in [0.3, 0.4) is 0 Å². The van der Waals surface area contributed by atoms with Gasteiger partial charge in [-0.1, -0.05) is 17.7 Å². The molecule has 1 aromatic carbocycles. The highest BCUT2D eigenvalue weighted by Crippen LogP contribution is 2.29. The summed E-state index contributed by atoms with van der Waals surface area (Å²) >= 11 is 6.04. The molecular weight excluding hydrogens is 236 g/mol. The third-order valence-electron chi connectivity index (χ3n) is 3.36. The lowest BCUT2D eigenvalue weighted by molar-refractivity contribution is 0.185. The van der Waals surface area contributed by atoms with Gasteiger partial charge in [-0.25, -0.2) is 0 Å². The Morgan fingerprint density at radius 3 is 2.71 bits per heavy atom. The molecule has 0 spiro atoms. The van der Waals surface area contributed by atoms with Crippen molar-refractivity contribution < 1.29 is 4.74 Å². The molecular formula is C13H19ClN2O. The van der Waals surface area contributed by atoms with E-state index in [4.69, 9.17) is 16.3 Å². The molecule has 0 amide bonds. The monoisotopic (exact) mass is 254 g/mol. The van der Waals surface area contributed by atoms with Crippen LogP contribution in [-0.2, 0) is 0 Å². The van der Waals surface area contributed by atoms with E-state index >= 15 is 0 Å². The van der Waals surface area contributed by atoms with E-state index in [-0.39, 0.29) is 0 Å². The van der Waals surface area contributed by atoms with Gasteiger partial charge in [-0.15, -0.1) is 0 Å². The molecule has 1 aliphatic rings. The van der Waals surface area contributed by atoms with Gasteiger partial charge in [0.1, 0.15) is 5.75 Å². The van der Waals surface area contributed by atoms with Crippen LogP contribution in [0.1, 0.15) is 18.5 Å². The largest absolute Gasteiger partial charge is 0.495 e. The van der Waals surface area contributed by atoms with Crippen LogP contribution in [0.15, 0.2) is 18.2 Å². The fourth-order valence-corrected chi connectivity index (χ4v) is 2.41. The summed E-state index contributed by atoms with van der Waals surface area (Å²) in [6.45, 7) is 6.54. The molecule has 1 N–H and O–H groups in total. The lowest BCUT2D eigenvalue weighted by atomic mass is 10.1. The first-order valence-electron chi connectivity index (χ1n) is 6.00. The molecule has 2 rings (SSSR count). The highest BCUT2D eigenvalue weighted by molar-refractivity contribution is 6.32. The minimum atomic E-state index is 0.406. The summed E-state index contributed by atoms with van der Waals surface area (Å²) in [6, 6.07) is 6.43. The van der Waals surface area contributed by atoms with Crippen LogP contribution >= 0.6 is 11.6 Å². The molecule has 0 saturated carbocycles. The second kappa shape index (κ2) is 5.71. The average Bonchev–Trinajstić information content (AvgIpc) is 2.39. The van der Waals surface area contributed by atoms with Crippen molar-refractivity contribution in [2.24, 2.45) is 0 Å². The van der Waals surface area contributed by atoms with E-state index in [9.17, 15) is 0 Å². The van der Waals surface area contributed by atoms with Gasteiger partial charge in [0.2, 0.25) is 0 Å². The highest BCUT2D eigenvalue weighted by Gasteiger charge is 2.18. The Balaban J connectivity index is 2.15. The zero-order valence-corrected chi connectivity index (χ0v) is 11.1. The number of methoxy groups -OCH3 is 1. The number of hydrogen-bond acceptors (Lipinski definition) is 3. The van der Waals surface area contributed by atoms with Crippen LogP contribution < -0.4 is 10.1 Å². The predicted molar refractivity (Wildman–Crippen MR) is 70.9 cm³/mol. The van der Waals surface area contributed by atoms with Gasteiger partial charge in [0.05, 0.1) is 12.1 Å². The molecule has 0 bridgehead atoms. The lowest BCUT2D eigenvalue weighted by Gasteiger charge is -2.33. The van der Waals surface area contributed by atoms with Crippen molar-refractivity contribution in [3.05, 3.63) is 28.8 Å². The van der Waals surface area contributed by atoms with Gasteiger partial charge in [0, 0.05) is 32.2 Å².